The Labute approximate surface area is 160 Å². The summed E-state index contributed by atoms with van der Waals surface area (Å²) in [5.74, 6) is 0.768. The highest BCUT2D eigenvalue weighted by molar-refractivity contribution is 6.30. The van der Waals surface area contributed by atoms with E-state index in [0.717, 1.165) is 44.9 Å². The summed E-state index contributed by atoms with van der Waals surface area (Å²) in [6.45, 7) is 4.08. The van der Waals surface area contributed by atoms with Gasteiger partial charge >= 0.3 is 0 Å². The fourth-order valence-corrected chi connectivity index (χ4v) is 3.48. The second kappa shape index (κ2) is 5.89. The molecular formula is C20H15ClN6. The minimum atomic E-state index is 0.657. The second-order valence-corrected chi connectivity index (χ2v) is 6.94. The minimum Gasteiger partial charge on any atom is -0.265 e. The van der Waals surface area contributed by atoms with Crippen LogP contribution in [0.1, 0.15) is 11.1 Å². The van der Waals surface area contributed by atoms with Gasteiger partial charge in [0.25, 0.3) is 0 Å². The van der Waals surface area contributed by atoms with Gasteiger partial charge in [-0.15, -0.1) is 10.2 Å². The van der Waals surface area contributed by atoms with Crippen LogP contribution in [0.15, 0.2) is 55.0 Å². The Morgan fingerprint density at radius 3 is 2.63 bits per heavy atom. The van der Waals surface area contributed by atoms with Gasteiger partial charge in [-0.05, 0) is 37.1 Å². The monoisotopic (exact) mass is 374 g/mol. The number of rotatable bonds is 2. The van der Waals surface area contributed by atoms with Gasteiger partial charge in [-0.25, -0.2) is 9.67 Å². The summed E-state index contributed by atoms with van der Waals surface area (Å²) in [4.78, 5) is 4.64. The van der Waals surface area contributed by atoms with Gasteiger partial charge in [-0.1, -0.05) is 41.9 Å². The van der Waals surface area contributed by atoms with E-state index in [0.29, 0.717) is 5.02 Å². The van der Waals surface area contributed by atoms with E-state index in [1.807, 2.05) is 47.7 Å². The van der Waals surface area contributed by atoms with Crippen molar-refractivity contribution in [3.63, 3.8) is 0 Å². The van der Waals surface area contributed by atoms with Gasteiger partial charge in [0.15, 0.2) is 17.1 Å². The number of benzene rings is 2. The molecule has 7 heteroatoms. The van der Waals surface area contributed by atoms with Crippen molar-refractivity contribution in [1.82, 2.24) is 29.4 Å². The number of aryl methyl sites for hydroxylation is 2. The Balaban J connectivity index is 1.76. The van der Waals surface area contributed by atoms with Crippen molar-refractivity contribution in [1.29, 1.82) is 0 Å². The smallest absolute Gasteiger partial charge is 0.175 e. The molecule has 0 saturated carbocycles. The molecule has 0 atom stereocenters. The molecule has 132 valence electrons. The van der Waals surface area contributed by atoms with E-state index in [2.05, 4.69) is 33.3 Å². The average molecular weight is 375 g/mol. The van der Waals surface area contributed by atoms with E-state index < -0.39 is 0 Å². The number of halogens is 1. The third-order valence-corrected chi connectivity index (χ3v) is 5.00. The normalized spacial score (nSPS) is 11.5. The van der Waals surface area contributed by atoms with E-state index >= 15 is 0 Å². The van der Waals surface area contributed by atoms with E-state index in [4.69, 9.17) is 11.6 Å². The maximum atomic E-state index is 6.18. The zero-order valence-electron chi connectivity index (χ0n) is 14.8. The Kier molecular flexibility index (Phi) is 3.48. The Morgan fingerprint density at radius 1 is 0.926 bits per heavy atom. The lowest BCUT2D eigenvalue weighted by Crippen LogP contribution is -2.01. The molecule has 0 aliphatic carbocycles. The highest BCUT2D eigenvalue weighted by Gasteiger charge is 2.17. The maximum Gasteiger partial charge on any atom is 0.175 e. The molecule has 0 bridgehead atoms. The molecule has 3 heterocycles. The summed E-state index contributed by atoms with van der Waals surface area (Å²) in [5.41, 5.74) is 5.57. The zero-order chi connectivity index (χ0) is 18.5. The fraction of sp³-hybridized carbons (Fsp3) is 0.100. The van der Waals surface area contributed by atoms with E-state index in [1.54, 1.807) is 17.2 Å². The SMILES string of the molecule is Cc1ccccc1-c1nnc2c3cnn(-c4cc(Cl)ccc4C)c3ncn12. The summed E-state index contributed by atoms with van der Waals surface area (Å²) in [6.07, 6.45) is 3.52. The van der Waals surface area contributed by atoms with Crippen molar-refractivity contribution < 1.29 is 0 Å². The molecule has 0 unspecified atom stereocenters. The van der Waals surface area contributed by atoms with Crippen molar-refractivity contribution in [2.24, 2.45) is 0 Å². The average Bonchev–Trinajstić information content (AvgIpc) is 3.28. The number of hydrogen-bond donors (Lipinski definition) is 0. The Bertz CT molecular complexity index is 1320. The first-order chi connectivity index (χ1) is 13.1. The molecule has 0 saturated heterocycles. The van der Waals surface area contributed by atoms with Crippen LogP contribution in [0.2, 0.25) is 5.02 Å². The lowest BCUT2D eigenvalue weighted by atomic mass is 10.1. The summed E-state index contributed by atoms with van der Waals surface area (Å²) in [6, 6.07) is 13.8. The lowest BCUT2D eigenvalue weighted by Gasteiger charge is -2.07. The van der Waals surface area contributed by atoms with Crippen LogP contribution in [-0.2, 0) is 0 Å². The molecule has 0 spiro atoms. The fourth-order valence-electron chi connectivity index (χ4n) is 3.32. The highest BCUT2D eigenvalue weighted by Crippen LogP contribution is 2.27. The molecule has 0 aliphatic rings. The van der Waals surface area contributed by atoms with Crippen molar-refractivity contribution in [3.8, 4) is 17.1 Å². The third kappa shape index (κ3) is 2.41. The van der Waals surface area contributed by atoms with E-state index in [9.17, 15) is 0 Å². The minimum absolute atomic E-state index is 0.657. The summed E-state index contributed by atoms with van der Waals surface area (Å²) < 4.78 is 3.69. The molecule has 0 aliphatic heterocycles. The second-order valence-electron chi connectivity index (χ2n) is 6.50. The Morgan fingerprint density at radius 2 is 1.78 bits per heavy atom. The quantitative estimate of drug-likeness (QED) is 0.459. The lowest BCUT2D eigenvalue weighted by molar-refractivity contribution is 0.886. The van der Waals surface area contributed by atoms with Crippen LogP contribution >= 0.6 is 11.6 Å². The largest absolute Gasteiger partial charge is 0.265 e. The number of hydrogen-bond acceptors (Lipinski definition) is 4. The van der Waals surface area contributed by atoms with Crippen LogP contribution in [0.3, 0.4) is 0 Å². The van der Waals surface area contributed by atoms with Crippen LogP contribution in [0.5, 0.6) is 0 Å². The molecular weight excluding hydrogens is 360 g/mol. The first-order valence-electron chi connectivity index (χ1n) is 8.53. The molecule has 5 rings (SSSR count). The van der Waals surface area contributed by atoms with Crippen molar-refractivity contribution in [2.45, 2.75) is 13.8 Å². The van der Waals surface area contributed by atoms with Gasteiger partial charge < -0.3 is 0 Å². The van der Waals surface area contributed by atoms with Crippen molar-refractivity contribution >= 4 is 28.3 Å². The number of aromatic nitrogens is 6. The van der Waals surface area contributed by atoms with E-state index in [1.165, 1.54) is 0 Å². The topological polar surface area (TPSA) is 60.9 Å². The highest BCUT2D eigenvalue weighted by atomic mass is 35.5. The first kappa shape index (κ1) is 16.0. The molecule has 0 fully saturated rings. The number of fused-ring (bicyclic) bond motifs is 3. The van der Waals surface area contributed by atoms with Crippen molar-refractivity contribution in [2.75, 3.05) is 0 Å². The number of nitrogens with zero attached hydrogens (tertiary/aromatic N) is 6. The zero-order valence-corrected chi connectivity index (χ0v) is 15.5. The summed E-state index contributed by atoms with van der Waals surface area (Å²) in [7, 11) is 0. The molecule has 27 heavy (non-hydrogen) atoms. The van der Waals surface area contributed by atoms with Gasteiger partial charge in [-0.3, -0.25) is 4.40 Å². The van der Waals surface area contributed by atoms with Gasteiger partial charge in [-0.2, -0.15) is 5.10 Å². The van der Waals surface area contributed by atoms with Crippen LogP contribution in [0, 0.1) is 13.8 Å². The molecule has 6 nitrogen and oxygen atoms in total. The molecule has 0 radical (unpaired) electrons. The molecule has 5 aromatic rings. The van der Waals surface area contributed by atoms with E-state index in [-0.39, 0.29) is 0 Å². The van der Waals surface area contributed by atoms with Crippen LogP contribution in [-0.4, -0.2) is 29.4 Å². The maximum absolute atomic E-state index is 6.18. The molecule has 3 aromatic heterocycles. The molecule has 0 N–H and O–H groups in total. The van der Waals surface area contributed by atoms with Gasteiger partial charge in [0.05, 0.1) is 17.3 Å². The summed E-state index contributed by atoms with van der Waals surface area (Å²) >= 11 is 6.18. The van der Waals surface area contributed by atoms with Crippen LogP contribution in [0.25, 0.3) is 33.8 Å². The van der Waals surface area contributed by atoms with Gasteiger partial charge in [0.2, 0.25) is 0 Å². The van der Waals surface area contributed by atoms with Crippen LogP contribution < -0.4 is 0 Å². The Hall–Kier alpha value is -3.25. The van der Waals surface area contributed by atoms with Crippen LogP contribution in [0.4, 0.5) is 0 Å². The molecule has 0 amide bonds. The predicted molar refractivity (Wildman–Crippen MR) is 105 cm³/mol. The molecule has 2 aromatic carbocycles. The third-order valence-electron chi connectivity index (χ3n) is 4.76. The predicted octanol–water partition coefficient (Wildman–Crippen LogP) is 4.40. The first-order valence-corrected chi connectivity index (χ1v) is 8.91. The van der Waals surface area contributed by atoms with Gasteiger partial charge in [0, 0.05) is 10.6 Å². The van der Waals surface area contributed by atoms with Gasteiger partial charge in [0.1, 0.15) is 6.33 Å². The van der Waals surface area contributed by atoms with Crippen molar-refractivity contribution in [3.05, 3.63) is 71.1 Å². The standard InChI is InChI=1S/C20H15ClN6/c1-12-5-3-4-6-15(12)19-24-25-20-16-10-23-27(18(16)22-11-26(19)20)17-9-14(21)8-7-13(17)2/h3-11H,1-2H3. The summed E-state index contributed by atoms with van der Waals surface area (Å²) in [5, 5.41) is 14.8.